The first-order valence-corrected chi connectivity index (χ1v) is 9.84. The second kappa shape index (κ2) is 7.94. The molecule has 2 fully saturated rings. The van der Waals surface area contributed by atoms with E-state index >= 15 is 0 Å². The molecule has 0 bridgehead atoms. The number of amides is 2. The maximum absolute atomic E-state index is 12.1. The van der Waals surface area contributed by atoms with Gasteiger partial charge in [-0.05, 0) is 49.9 Å². The molecule has 5 N–H and O–H groups in total. The van der Waals surface area contributed by atoms with Gasteiger partial charge in [0.2, 0.25) is 11.9 Å². The van der Waals surface area contributed by atoms with Crippen molar-refractivity contribution in [3.8, 4) is 0 Å². The molecule has 2 heterocycles. The van der Waals surface area contributed by atoms with Crippen LogP contribution in [0.15, 0.2) is 30.5 Å². The predicted octanol–water partition coefficient (Wildman–Crippen LogP) is 1.61. The molecule has 29 heavy (non-hydrogen) atoms. The van der Waals surface area contributed by atoms with Crippen molar-refractivity contribution in [1.82, 2.24) is 15.3 Å². The van der Waals surface area contributed by atoms with E-state index in [1.54, 1.807) is 7.05 Å². The van der Waals surface area contributed by atoms with Crippen molar-refractivity contribution in [2.45, 2.75) is 37.8 Å². The number of nitrogens with one attached hydrogen (secondary N) is 3. The van der Waals surface area contributed by atoms with Crippen molar-refractivity contribution < 1.29 is 9.59 Å². The molecular formula is C20H25N7O2. The number of hydrogen-bond acceptors (Lipinski definition) is 7. The lowest BCUT2D eigenvalue weighted by Gasteiger charge is -2.25. The first-order valence-electron chi connectivity index (χ1n) is 9.84. The molecule has 1 aromatic heterocycles. The fourth-order valence-electron chi connectivity index (χ4n) is 3.53. The van der Waals surface area contributed by atoms with Crippen LogP contribution in [0.1, 0.15) is 36.0 Å². The normalized spacial score (nSPS) is 18.4. The van der Waals surface area contributed by atoms with Gasteiger partial charge in [-0.1, -0.05) is 0 Å². The maximum Gasteiger partial charge on any atom is 0.254 e. The van der Waals surface area contributed by atoms with Gasteiger partial charge in [0.25, 0.3) is 5.91 Å². The monoisotopic (exact) mass is 395 g/mol. The molecule has 4 rings (SSSR count). The van der Waals surface area contributed by atoms with Crippen molar-refractivity contribution >= 4 is 35.0 Å². The van der Waals surface area contributed by atoms with Gasteiger partial charge in [0.15, 0.2) is 0 Å². The number of aromatic nitrogens is 2. The van der Waals surface area contributed by atoms with Gasteiger partial charge >= 0.3 is 0 Å². The zero-order valence-corrected chi connectivity index (χ0v) is 16.3. The molecule has 1 saturated heterocycles. The Morgan fingerprint density at radius 3 is 2.59 bits per heavy atom. The zero-order chi connectivity index (χ0) is 20.4. The smallest absolute Gasteiger partial charge is 0.254 e. The second-order valence-electron chi connectivity index (χ2n) is 7.38. The molecule has 1 aliphatic heterocycles. The molecule has 2 amide bonds. The molecular weight excluding hydrogens is 370 g/mol. The van der Waals surface area contributed by atoms with Crippen molar-refractivity contribution in [3.63, 3.8) is 0 Å². The summed E-state index contributed by atoms with van der Waals surface area (Å²) >= 11 is 0. The number of anilines is 4. The lowest BCUT2D eigenvalue weighted by Crippen LogP contribution is -2.41. The molecule has 152 valence electrons. The number of likely N-dealkylation sites (N-methyl/N-ethyl adjacent to an activating group) is 1. The van der Waals surface area contributed by atoms with Crippen LogP contribution in [0.5, 0.6) is 0 Å². The summed E-state index contributed by atoms with van der Waals surface area (Å²) in [5, 5.41) is 9.12. The molecule has 2 aromatic rings. The van der Waals surface area contributed by atoms with E-state index < -0.39 is 5.91 Å². The van der Waals surface area contributed by atoms with Gasteiger partial charge in [-0.3, -0.25) is 9.59 Å². The number of primary amides is 1. The number of nitrogens with zero attached hydrogens (tertiary/aromatic N) is 3. The van der Waals surface area contributed by atoms with Gasteiger partial charge in [0, 0.05) is 37.2 Å². The Morgan fingerprint density at radius 1 is 1.17 bits per heavy atom. The van der Waals surface area contributed by atoms with Gasteiger partial charge in [-0.25, -0.2) is 4.98 Å². The molecule has 0 unspecified atom stereocenters. The van der Waals surface area contributed by atoms with Crippen LogP contribution in [-0.4, -0.2) is 47.5 Å². The van der Waals surface area contributed by atoms with E-state index in [9.17, 15) is 9.59 Å². The van der Waals surface area contributed by atoms with Crippen molar-refractivity contribution in [1.29, 1.82) is 0 Å². The largest absolute Gasteiger partial charge is 0.367 e. The second-order valence-corrected chi connectivity index (χ2v) is 7.38. The minimum atomic E-state index is -0.555. The minimum Gasteiger partial charge on any atom is -0.367 e. The Labute approximate surface area is 169 Å². The van der Waals surface area contributed by atoms with Crippen LogP contribution in [0.2, 0.25) is 0 Å². The fraction of sp³-hybridized carbons (Fsp3) is 0.400. The molecule has 1 atom stereocenters. The van der Waals surface area contributed by atoms with Gasteiger partial charge in [-0.2, -0.15) is 4.98 Å². The molecule has 9 nitrogen and oxygen atoms in total. The summed E-state index contributed by atoms with van der Waals surface area (Å²) in [6.45, 7) is 0.860. The number of carbonyl (C=O) groups excluding carboxylic acids is 2. The number of rotatable bonds is 7. The van der Waals surface area contributed by atoms with Gasteiger partial charge in [-0.15, -0.1) is 0 Å². The highest BCUT2D eigenvalue weighted by atomic mass is 16.2. The lowest BCUT2D eigenvalue weighted by atomic mass is 10.2. The number of carbonyl (C=O) groups is 2. The average molecular weight is 395 g/mol. The van der Waals surface area contributed by atoms with E-state index in [0.29, 0.717) is 17.8 Å². The Hall–Kier alpha value is -3.36. The molecule has 1 aromatic carbocycles. The van der Waals surface area contributed by atoms with E-state index in [0.717, 1.165) is 43.6 Å². The molecule has 1 aliphatic carbocycles. The molecule has 0 radical (unpaired) electrons. The summed E-state index contributed by atoms with van der Waals surface area (Å²) in [6, 6.07) is 8.01. The topological polar surface area (TPSA) is 125 Å². The highest BCUT2D eigenvalue weighted by molar-refractivity contribution is 5.97. The number of benzene rings is 1. The Morgan fingerprint density at radius 2 is 1.93 bits per heavy atom. The summed E-state index contributed by atoms with van der Waals surface area (Å²) in [5.74, 6) is 0.332. The Bertz CT molecular complexity index is 912. The predicted molar refractivity (Wildman–Crippen MR) is 111 cm³/mol. The highest BCUT2D eigenvalue weighted by Crippen LogP contribution is 2.29. The molecule has 0 spiro atoms. The minimum absolute atomic E-state index is 0.0448. The van der Waals surface area contributed by atoms with E-state index in [2.05, 4.69) is 30.8 Å². The van der Waals surface area contributed by atoms with E-state index in [4.69, 9.17) is 5.73 Å². The fourth-order valence-corrected chi connectivity index (χ4v) is 3.53. The third kappa shape index (κ3) is 4.23. The number of hydrogen-bond donors (Lipinski definition) is 4. The first kappa shape index (κ1) is 19.0. The quantitative estimate of drug-likeness (QED) is 0.561. The van der Waals surface area contributed by atoms with Crippen LogP contribution in [0.4, 0.5) is 23.1 Å². The zero-order valence-electron chi connectivity index (χ0n) is 16.3. The standard InChI is InChI=1S/C20H25N7O2/c1-22-19(29)16-3-2-10-27(16)14-8-6-13(7-9-14)25-20-23-11-15(17(21)28)18(26-20)24-12-4-5-12/h6-9,11-12,16H,2-5,10H2,1H3,(H2,21,28)(H,22,29)(H2,23,24,25,26)/t16-/m0/s1. The lowest BCUT2D eigenvalue weighted by molar-refractivity contribution is -0.121. The summed E-state index contributed by atoms with van der Waals surface area (Å²) in [6.07, 6.45) is 5.40. The average Bonchev–Trinajstić information content (AvgIpc) is 3.39. The third-order valence-corrected chi connectivity index (χ3v) is 5.23. The highest BCUT2D eigenvalue weighted by Gasteiger charge is 2.30. The van der Waals surface area contributed by atoms with E-state index in [-0.39, 0.29) is 17.5 Å². The van der Waals surface area contributed by atoms with Crippen molar-refractivity contribution in [2.24, 2.45) is 5.73 Å². The van der Waals surface area contributed by atoms with Crippen LogP contribution < -0.4 is 26.6 Å². The van der Waals surface area contributed by atoms with Gasteiger partial charge in [0.1, 0.15) is 11.9 Å². The van der Waals surface area contributed by atoms with E-state index in [1.165, 1.54) is 6.20 Å². The maximum atomic E-state index is 12.1. The van der Waals surface area contributed by atoms with Gasteiger partial charge < -0.3 is 26.6 Å². The number of nitrogens with two attached hydrogens (primary N) is 1. The van der Waals surface area contributed by atoms with Crippen LogP contribution in [-0.2, 0) is 4.79 Å². The summed E-state index contributed by atoms with van der Waals surface area (Å²) in [7, 11) is 1.67. The van der Waals surface area contributed by atoms with Crippen LogP contribution in [0, 0.1) is 0 Å². The van der Waals surface area contributed by atoms with Crippen LogP contribution >= 0.6 is 0 Å². The third-order valence-electron chi connectivity index (χ3n) is 5.23. The first-order chi connectivity index (χ1) is 14.0. The summed E-state index contributed by atoms with van der Waals surface area (Å²) in [5.41, 5.74) is 7.52. The Kier molecular flexibility index (Phi) is 5.20. The van der Waals surface area contributed by atoms with E-state index in [1.807, 2.05) is 24.3 Å². The molecule has 2 aliphatic rings. The SMILES string of the molecule is CNC(=O)[C@@H]1CCCN1c1ccc(Nc2ncc(C(N)=O)c(NC3CC3)n2)cc1. The summed E-state index contributed by atoms with van der Waals surface area (Å²) in [4.78, 5) is 34.4. The van der Waals surface area contributed by atoms with Crippen molar-refractivity contribution in [3.05, 3.63) is 36.0 Å². The molecule has 1 saturated carbocycles. The van der Waals surface area contributed by atoms with Gasteiger partial charge in [0.05, 0.1) is 5.56 Å². The summed E-state index contributed by atoms with van der Waals surface area (Å²) < 4.78 is 0. The molecule has 9 heteroatoms. The van der Waals surface area contributed by atoms with Crippen LogP contribution in [0.3, 0.4) is 0 Å². The Balaban J connectivity index is 1.48. The van der Waals surface area contributed by atoms with Crippen LogP contribution in [0.25, 0.3) is 0 Å². The van der Waals surface area contributed by atoms with Crippen molar-refractivity contribution in [2.75, 3.05) is 29.1 Å².